The molecule has 2 atom stereocenters. The van der Waals surface area contributed by atoms with Gasteiger partial charge in [-0.05, 0) is 31.4 Å². The van der Waals surface area contributed by atoms with Crippen molar-refractivity contribution in [1.29, 1.82) is 0 Å². The minimum atomic E-state index is -3.52. The highest BCUT2D eigenvalue weighted by Crippen LogP contribution is 2.32. The van der Waals surface area contributed by atoms with E-state index in [-0.39, 0.29) is 16.9 Å². The Labute approximate surface area is 125 Å². The van der Waals surface area contributed by atoms with Crippen LogP contribution >= 0.6 is 0 Å². The maximum absolute atomic E-state index is 12.7. The van der Waals surface area contributed by atoms with Crippen LogP contribution in [0.4, 0.5) is 0 Å². The van der Waals surface area contributed by atoms with Crippen molar-refractivity contribution in [3.05, 3.63) is 18.2 Å². The molecule has 0 amide bonds. The smallest absolute Gasteiger partial charge is 0.243 e. The molecule has 21 heavy (non-hydrogen) atoms. The van der Waals surface area contributed by atoms with Gasteiger partial charge in [0.05, 0.1) is 19.1 Å². The maximum Gasteiger partial charge on any atom is 0.243 e. The highest BCUT2D eigenvalue weighted by atomic mass is 32.2. The Balaban J connectivity index is 2.28. The fraction of sp³-hybridized carbons (Fsp3) is 0.571. The Morgan fingerprint density at radius 1 is 1.29 bits per heavy atom. The van der Waals surface area contributed by atoms with E-state index in [1.807, 2.05) is 6.92 Å². The highest BCUT2D eigenvalue weighted by molar-refractivity contribution is 7.89. The van der Waals surface area contributed by atoms with Gasteiger partial charge in [-0.25, -0.2) is 8.42 Å². The third-order valence-corrected chi connectivity index (χ3v) is 5.78. The van der Waals surface area contributed by atoms with Gasteiger partial charge in [0.1, 0.15) is 0 Å². The SMILES string of the molecule is COc1ccc(S(=O)(=O)N2CCC(C(C)N)C2)cc1OC. The first-order valence-electron chi connectivity index (χ1n) is 6.88. The lowest BCUT2D eigenvalue weighted by Gasteiger charge is -2.19. The van der Waals surface area contributed by atoms with Gasteiger partial charge in [0.25, 0.3) is 0 Å². The van der Waals surface area contributed by atoms with Gasteiger partial charge in [-0.1, -0.05) is 0 Å². The number of hydrogen-bond acceptors (Lipinski definition) is 5. The number of nitrogens with two attached hydrogens (primary N) is 1. The van der Waals surface area contributed by atoms with Crippen LogP contribution < -0.4 is 15.2 Å². The number of methoxy groups -OCH3 is 2. The quantitative estimate of drug-likeness (QED) is 0.879. The number of rotatable bonds is 5. The second-order valence-corrected chi connectivity index (χ2v) is 7.23. The normalized spacial score (nSPS) is 21.2. The van der Waals surface area contributed by atoms with Crippen LogP contribution in [-0.4, -0.2) is 46.1 Å². The topological polar surface area (TPSA) is 81.9 Å². The van der Waals surface area contributed by atoms with Gasteiger partial charge >= 0.3 is 0 Å². The van der Waals surface area contributed by atoms with Crippen molar-refractivity contribution in [2.24, 2.45) is 11.7 Å². The molecule has 6 nitrogen and oxygen atoms in total. The van der Waals surface area contributed by atoms with E-state index in [0.29, 0.717) is 24.6 Å². The summed E-state index contributed by atoms with van der Waals surface area (Å²) in [6.45, 7) is 2.88. The largest absolute Gasteiger partial charge is 0.493 e. The zero-order valence-electron chi connectivity index (χ0n) is 12.6. The third kappa shape index (κ3) is 3.14. The number of ether oxygens (including phenoxy) is 2. The lowest BCUT2D eigenvalue weighted by molar-refractivity contribution is 0.353. The zero-order valence-corrected chi connectivity index (χ0v) is 13.4. The molecule has 118 valence electrons. The standard InChI is InChI=1S/C14H22N2O4S/c1-10(15)11-6-7-16(9-11)21(17,18)12-4-5-13(19-2)14(8-12)20-3/h4-5,8,10-11H,6-7,9,15H2,1-3H3. The first kappa shape index (κ1) is 16.1. The molecule has 0 aromatic heterocycles. The van der Waals surface area contributed by atoms with Crippen molar-refractivity contribution in [3.8, 4) is 11.5 Å². The minimum absolute atomic E-state index is 0.00407. The second kappa shape index (κ2) is 6.21. The predicted octanol–water partition coefficient (Wildman–Crippen LogP) is 1.06. The van der Waals surface area contributed by atoms with Gasteiger partial charge in [0, 0.05) is 25.2 Å². The number of sulfonamides is 1. The molecule has 1 saturated heterocycles. The molecule has 7 heteroatoms. The molecule has 0 saturated carbocycles. The molecule has 2 N–H and O–H groups in total. The summed E-state index contributed by atoms with van der Waals surface area (Å²) in [7, 11) is -0.524. The van der Waals surface area contributed by atoms with Gasteiger partial charge in [-0.15, -0.1) is 0 Å². The maximum atomic E-state index is 12.7. The summed E-state index contributed by atoms with van der Waals surface area (Å²) in [4.78, 5) is 0.213. The Kier molecular flexibility index (Phi) is 4.75. The Hall–Kier alpha value is -1.31. The van der Waals surface area contributed by atoms with E-state index in [2.05, 4.69) is 0 Å². The highest BCUT2D eigenvalue weighted by Gasteiger charge is 2.34. The Bertz CT molecular complexity index is 601. The van der Waals surface area contributed by atoms with Crippen molar-refractivity contribution in [1.82, 2.24) is 4.31 Å². The van der Waals surface area contributed by atoms with E-state index in [9.17, 15) is 8.42 Å². The third-order valence-electron chi connectivity index (χ3n) is 3.92. The van der Waals surface area contributed by atoms with Crippen molar-refractivity contribution < 1.29 is 17.9 Å². The molecular weight excluding hydrogens is 292 g/mol. The molecule has 1 fully saturated rings. The zero-order chi connectivity index (χ0) is 15.6. The summed E-state index contributed by atoms with van der Waals surface area (Å²) in [5.41, 5.74) is 5.87. The van der Waals surface area contributed by atoms with Crippen molar-refractivity contribution >= 4 is 10.0 Å². The Morgan fingerprint density at radius 3 is 2.48 bits per heavy atom. The van der Waals surface area contributed by atoms with E-state index in [1.54, 1.807) is 6.07 Å². The lowest BCUT2D eigenvalue weighted by Crippen LogP contribution is -2.33. The molecule has 2 unspecified atom stereocenters. The summed E-state index contributed by atoms with van der Waals surface area (Å²) in [6.07, 6.45) is 0.796. The van der Waals surface area contributed by atoms with Crippen molar-refractivity contribution in [2.45, 2.75) is 24.3 Å². The summed E-state index contributed by atoms with van der Waals surface area (Å²) >= 11 is 0. The summed E-state index contributed by atoms with van der Waals surface area (Å²) in [5.74, 6) is 1.12. The molecule has 1 aromatic rings. The predicted molar refractivity (Wildman–Crippen MR) is 80.1 cm³/mol. The number of benzene rings is 1. The van der Waals surface area contributed by atoms with Crippen molar-refractivity contribution in [3.63, 3.8) is 0 Å². The van der Waals surface area contributed by atoms with Crippen molar-refractivity contribution in [2.75, 3.05) is 27.3 Å². The van der Waals surface area contributed by atoms with Gasteiger partial charge in [0.15, 0.2) is 11.5 Å². The summed E-state index contributed by atoms with van der Waals surface area (Å²) in [5, 5.41) is 0. The summed E-state index contributed by atoms with van der Waals surface area (Å²) < 4.78 is 37.1. The van der Waals surface area contributed by atoms with E-state index < -0.39 is 10.0 Å². The van der Waals surface area contributed by atoms with Crippen LogP contribution in [0, 0.1) is 5.92 Å². The monoisotopic (exact) mass is 314 g/mol. The van der Waals surface area contributed by atoms with Gasteiger partial charge in [-0.3, -0.25) is 0 Å². The molecule has 1 aromatic carbocycles. The average Bonchev–Trinajstić information content (AvgIpc) is 2.97. The van der Waals surface area contributed by atoms with E-state index in [4.69, 9.17) is 15.2 Å². The number of hydrogen-bond donors (Lipinski definition) is 1. The van der Waals surface area contributed by atoms with Crippen LogP contribution in [-0.2, 0) is 10.0 Å². The van der Waals surface area contributed by atoms with E-state index in [0.717, 1.165) is 6.42 Å². The molecule has 0 bridgehead atoms. The average molecular weight is 314 g/mol. The van der Waals surface area contributed by atoms with Gasteiger partial charge in [0.2, 0.25) is 10.0 Å². The fourth-order valence-electron chi connectivity index (χ4n) is 2.53. The van der Waals surface area contributed by atoms with Crippen LogP contribution in [0.3, 0.4) is 0 Å². The molecule has 0 aliphatic carbocycles. The second-order valence-electron chi connectivity index (χ2n) is 5.29. The van der Waals surface area contributed by atoms with Gasteiger partial charge < -0.3 is 15.2 Å². The van der Waals surface area contributed by atoms with E-state index in [1.165, 1.54) is 30.7 Å². The molecule has 2 rings (SSSR count). The van der Waals surface area contributed by atoms with E-state index >= 15 is 0 Å². The number of nitrogens with zero attached hydrogens (tertiary/aromatic N) is 1. The minimum Gasteiger partial charge on any atom is -0.493 e. The molecule has 1 aliphatic heterocycles. The molecule has 0 spiro atoms. The van der Waals surface area contributed by atoms with Crippen LogP contribution in [0.1, 0.15) is 13.3 Å². The van der Waals surface area contributed by atoms with Crippen LogP contribution in [0.15, 0.2) is 23.1 Å². The molecule has 1 heterocycles. The first-order chi connectivity index (χ1) is 9.90. The Morgan fingerprint density at radius 2 is 1.95 bits per heavy atom. The molecule has 0 radical (unpaired) electrons. The van der Waals surface area contributed by atoms with Crippen LogP contribution in [0.5, 0.6) is 11.5 Å². The first-order valence-corrected chi connectivity index (χ1v) is 8.32. The van der Waals surface area contributed by atoms with Gasteiger partial charge in [-0.2, -0.15) is 4.31 Å². The summed E-state index contributed by atoms with van der Waals surface area (Å²) in [6, 6.07) is 4.63. The lowest BCUT2D eigenvalue weighted by atomic mass is 10.0. The van der Waals surface area contributed by atoms with Crippen LogP contribution in [0.25, 0.3) is 0 Å². The molecular formula is C14H22N2O4S. The fourth-order valence-corrected chi connectivity index (χ4v) is 4.06. The molecule has 1 aliphatic rings. The van der Waals surface area contributed by atoms with Crippen LogP contribution in [0.2, 0.25) is 0 Å².